The number of ether oxygens (including phenoxy) is 1. The van der Waals surface area contributed by atoms with Crippen molar-refractivity contribution < 1.29 is 24.2 Å². The van der Waals surface area contributed by atoms with Gasteiger partial charge in [0.25, 0.3) is 11.8 Å². The van der Waals surface area contributed by atoms with Crippen LogP contribution in [0, 0.1) is 0 Å². The molecule has 1 aliphatic rings. The highest BCUT2D eigenvalue weighted by atomic mass is 32.2. The van der Waals surface area contributed by atoms with Crippen molar-refractivity contribution in [1.82, 2.24) is 5.43 Å². The van der Waals surface area contributed by atoms with E-state index in [4.69, 9.17) is 9.84 Å². The van der Waals surface area contributed by atoms with Crippen molar-refractivity contribution in [3.8, 4) is 5.75 Å². The van der Waals surface area contributed by atoms with Crippen LogP contribution >= 0.6 is 11.8 Å². The number of hydrogen-bond donors (Lipinski definition) is 3. The largest absolute Gasteiger partial charge is 0.497 e. The van der Waals surface area contributed by atoms with E-state index in [-0.39, 0.29) is 11.7 Å². The number of benzene rings is 3. The first-order valence-electron chi connectivity index (χ1n) is 13.0. The Kier molecular flexibility index (Phi) is 10.2. The zero-order chi connectivity index (χ0) is 28.3. The van der Waals surface area contributed by atoms with Gasteiger partial charge in [-0.3, -0.25) is 14.4 Å². The number of anilines is 2. The van der Waals surface area contributed by atoms with Crippen LogP contribution in [0.25, 0.3) is 0 Å². The third kappa shape index (κ3) is 8.09. The lowest BCUT2D eigenvalue weighted by Crippen LogP contribution is -2.30. The molecule has 0 spiro atoms. The third-order valence-electron chi connectivity index (χ3n) is 6.40. The van der Waals surface area contributed by atoms with E-state index in [1.807, 2.05) is 24.3 Å². The molecular formula is C30H32N4O5S. The van der Waals surface area contributed by atoms with Crippen molar-refractivity contribution in [3.05, 3.63) is 89.0 Å². The second kappa shape index (κ2) is 14.2. The standard InChI is InChI=1S/C30H32N4O5S/c1-39-25-11-8-21(9-12-25)18-31-33-30(38)26-17-24(34-14-3-2-4-15-34)10-13-27(26)32-29(37)23-7-5-6-22(16-23)19-40-20-28(35)36/h5-13,16-18H,2-4,14-15,19-20H2,1H3,(H,32,37)(H,33,38)(H,35,36)/b31-18+. The fourth-order valence-electron chi connectivity index (χ4n) is 4.35. The second-order valence-corrected chi connectivity index (χ2v) is 10.3. The fourth-order valence-corrected chi connectivity index (χ4v) is 5.04. The van der Waals surface area contributed by atoms with Gasteiger partial charge in [-0.15, -0.1) is 11.8 Å². The number of carboxylic acids is 1. The monoisotopic (exact) mass is 560 g/mol. The molecule has 4 rings (SSSR count). The quantitative estimate of drug-likeness (QED) is 0.222. The number of amides is 2. The van der Waals surface area contributed by atoms with Gasteiger partial charge in [-0.1, -0.05) is 12.1 Å². The van der Waals surface area contributed by atoms with Crippen molar-refractivity contribution in [2.75, 3.05) is 36.2 Å². The number of hydrazone groups is 1. The summed E-state index contributed by atoms with van der Waals surface area (Å²) in [6, 6.07) is 19.7. The molecule has 0 aromatic heterocycles. The highest BCUT2D eigenvalue weighted by molar-refractivity contribution is 7.99. The lowest BCUT2D eigenvalue weighted by Gasteiger charge is -2.29. The molecule has 0 saturated carbocycles. The van der Waals surface area contributed by atoms with Crippen LogP contribution in [0.4, 0.5) is 11.4 Å². The molecule has 9 nitrogen and oxygen atoms in total. The lowest BCUT2D eigenvalue weighted by atomic mass is 10.1. The number of rotatable bonds is 11. The summed E-state index contributed by atoms with van der Waals surface area (Å²) in [5, 5.41) is 15.9. The van der Waals surface area contributed by atoms with E-state index in [0.29, 0.717) is 22.6 Å². The van der Waals surface area contributed by atoms with E-state index >= 15 is 0 Å². The third-order valence-corrected chi connectivity index (χ3v) is 7.38. The van der Waals surface area contributed by atoms with Gasteiger partial charge in [-0.05, 0) is 85.0 Å². The van der Waals surface area contributed by atoms with Gasteiger partial charge in [0.2, 0.25) is 0 Å². The zero-order valence-corrected chi connectivity index (χ0v) is 23.1. The highest BCUT2D eigenvalue weighted by Crippen LogP contribution is 2.27. The Bertz CT molecular complexity index is 1370. The molecule has 1 saturated heterocycles. The highest BCUT2D eigenvalue weighted by Gasteiger charge is 2.19. The minimum atomic E-state index is -0.883. The van der Waals surface area contributed by atoms with E-state index in [9.17, 15) is 14.4 Å². The van der Waals surface area contributed by atoms with Crippen LogP contribution in [0.2, 0.25) is 0 Å². The van der Waals surface area contributed by atoms with Crippen molar-refractivity contribution in [3.63, 3.8) is 0 Å². The number of carboxylic acid groups (broad SMARTS) is 1. The Hall–Kier alpha value is -4.31. The molecule has 1 aliphatic heterocycles. The molecule has 2 amide bonds. The number of nitrogens with zero attached hydrogens (tertiary/aromatic N) is 2. The van der Waals surface area contributed by atoms with Gasteiger partial charge >= 0.3 is 5.97 Å². The van der Waals surface area contributed by atoms with Gasteiger partial charge in [-0.2, -0.15) is 5.10 Å². The molecule has 40 heavy (non-hydrogen) atoms. The number of piperidine rings is 1. The summed E-state index contributed by atoms with van der Waals surface area (Å²) in [6.45, 7) is 1.82. The molecule has 3 aromatic carbocycles. The van der Waals surface area contributed by atoms with Gasteiger partial charge in [0.05, 0.1) is 30.3 Å². The first kappa shape index (κ1) is 28.7. The predicted molar refractivity (Wildman–Crippen MR) is 159 cm³/mol. The molecule has 0 atom stereocenters. The maximum absolute atomic E-state index is 13.3. The zero-order valence-electron chi connectivity index (χ0n) is 22.3. The van der Waals surface area contributed by atoms with Crippen LogP contribution < -0.4 is 20.4 Å². The average Bonchev–Trinajstić information content (AvgIpc) is 2.98. The summed E-state index contributed by atoms with van der Waals surface area (Å²) in [6.07, 6.45) is 4.91. The smallest absolute Gasteiger partial charge is 0.313 e. The molecule has 208 valence electrons. The maximum Gasteiger partial charge on any atom is 0.313 e. The van der Waals surface area contributed by atoms with Crippen LogP contribution in [-0.2, 0) is 10.5 Å². The predicted octanol–water partition coefficient (Wildman–Crippen LogP) is 5.02. The molecular weight excluding hydrogens is 528 g/mol. The summed E-state index contributed by atoms with van der Waals surface area (Å²) in [7, 11) is 1.59. The number of aliphatic carboxylic acids is 1. The summed E-state index contributed by atoms with van der Waals surface area (Å²) in [4.78, 5) is 39.5. The van der Waals surface area contributed by atoms with Crippen molar-refractivity contribution >= 4 is 47.1 Å². The molecule has 3 N–H and O–H groups in total. The van der Waals surface area contributed by atoms with E-state index in [1.54, 1.807) is 49.6 Å². The van der Waals surface area contributed by atoms with Gasteiger partial charge in [0, 0.05) is 30.1 Å². The molecule has 3 aromatic rings. The fraction of sp³-hybridized carbons (Fsp3) is 0.267. The Morgan fingerprint density at radius 3 is 2.50 bits per heavy atom. The van der Waals surface area contributed by atoms with Crippen molar-refractivity contribution in [2.45, 2.75) is 25.0 Å². The normalized spacial score (nSPS) is 13.2. The first-order chi connectivity index (χ1) is 19.4. The minimum Gasteiger partial charge on any atom is -0.497 e. The minimum absolute atomic E-state index is 0.0147. The number of nitrogens with one attached hydrogen (secondary N) is 2. The van der Waals surface area contributed by atoms with Crippen molar-refractivity contribution in [2.24, 2.45) is 5.10 Å². The van der Waals surface area contributed by atoms with Crippen molar-refractivity contribution in [1.29, 1.82) is 0 Å². The summed E-state index contributed by atoms with van der Waals surface area (Å²) in [5.41, 5.74) is 6.21. The molecule has 10 heteroatoms. The summed E-state index contributed by atoms with van der Waals surface area (Å²) in [5.74, 6) is -0.521. The second-order valence-electron chi connectivity index (χ2n) is 9.29. The van der Waals surface area contributed by atoms with Crippen LogP contribution in [0.15, 0.2) is 71.8 Å². The van der Waals surface area contributed by atoms with E-state index in [2.05, 4.69) is 20.7 Å². The van der Waals surface area contributed by atoms with Gasteiger partial charge < -0.3 is 20.1 Å². The first-order valence-corrected chi connectivity index (χ1v) is 14.1. The Labute approximate surface area is 237 Å². The Balaban J connectivity index is 1.52. The topological polar surface area (TPSA) is 120 Å². The van der Waals surface area contributed by atoms with Crippen LogP contribution in [0.1, 0.15) is 51.1 Å². The number of carbonyl (C=O) groups is 3. The maximum atomic E-state index is 13.3. The average molecular weight is 561 g/mol. The molecule has 0 radical (unpaired) electrons. The molecule has 0 aliphatic carbocycles. The number of thioether (sulfide) groups is 1. The number of carbonyl (C=O) groups excluding carboxylic acids is 2. The number of hydrogen-bond acceptors (Lipinski definition) is 7. The Morgan fingerprint density at radius 2 is 1.77 bits per heavy atom. The number of methoxy groups -OCH3 is 1. The van der Waals surface area contributed by atoms with E-state index in [1.165, 1.54) is 24.4 Å². The Morgan fingerprint density at radius 1 is 1.00 bits per heavy atom. The van der Waals surface area contributed by atoms with Crippen LogP contribution in [0.3, 0.4) is 0 Å². The van der Waals surface area contributed by atoms with E-state index in [0.717, 1.165) is 48.5 Å². The van der Waals surface area contributed by atoms with E-state index < -0.39 is 11.9 Å². The SMILES string of the molecule is COc1ccc(/C=N/NC(=O)c2cc(N3CCCCC3)ccc2NC(=O)c2cccc(CSCC(=O)O)c2)cc1. The molecule has 1 heterocycles. The summed E-state index contributed by atoms with van der Waals surface area (Å²) < 4.78 is 5.16. The molecule has 1 fully saturated rings. The molecule has 0 bridgehead atoms. The van der Waals surface area contributed by atoms with Crippen LogP contribution in [0.5, 0.6) is 5.75 Å². The van der Waals surface area contributed by atoms with Gasteiger partial charge in [0.1, 0.15) is 5.75 Å². The van der Waals surface area contributed by atoms with Crippen LogP contribution in [-0.4, -0.2) is 55.1 Å². The van der Waals surface area contributed by atoms with Gasteiger partial charge in [0.15, 0.2) is 0 Å². The lowest BCUT2D eigenvalue weighted by molar-refractivity contribution is -0.133. The molecule has 0 unspecified atom stereocenters. The summed E-state index contributed by atoms with van der Waals surface area (Å²) >= 11 is 1.26. The van der Waals surface area contributed by atoms with Gasteiger partial charge in [-0.25, -0.2) is 5.43 Å².